The summed E-state index contributed by atoms with van der Waals surface area (Å²) in [6.07, 6.45) is 1.82. The molecule has 1 aliphatic heterocycles. The maximum atomic E-state index is 12.8. The van der Waals surface area contributed by atoms with Gasteiger partial charge in [-0.25, -0.2) is 9.78 Å². The number of urea groups is 1. The van der Waals surface area contributed by atoms with E-state index in [1.54, 1.807) is 40.5 Å². The van der Waals surface area contributed by atoms with E-state index < -0.39 is 0 Å². The Balaban J connectivity index is 1.28. The SMILES string of the molecule is O=C(Cc1csc(Cc2ccccc2)n1)N1CCCN(C(=O)Nc2ccc(Cl)cc2)CC1. The molecule has 0 spiro atoms. The third kappa shape index (κ3) is 6.08. The first-order valence-electron chi connectivity index (χ1n) is 10.6. The van der Waals surface area contributed by atoms with Crippen molar-refractivity contribution in [3.05, 3.63) is 81.3 Å². The number of amides is 3. The summed E-state index contributed by atoms with van der Waals surface area (Å²) in [5.74, 6) is 0.0570. The molecule has 3 amide bonds. The summed E-state index contributed by atoms with van der Waals surface area (Å²) in [7, 11) is 0. The first-order chi connectivity index (χ1) is 15.6. The summed E-state index contributed by atoms with van der Waals surface area (Å²) in [6.45, 7) is 2.28. The average Bonchev–Trinajstić information content (AvgIpc) is 3.07. The van der Waals surface area contributed by atoms with Gasteiger partial charge >= 0.3 is 6.03 Å². The Kier molecular flexibility index (Phi) is 7.39. The van der Waals surface area contributed by atoms with Gasteiger partial charge in [0.1, 0.15) is 0 Å². The summed E-state index contributed by atoms with van der Waals surface area (Å²) in [4.78, 5) is 33.7. The number of thiazole rings is 1. The molecule has 2 heterocycles. The lowest BCUT2D eigenvalue weighted by molar-refractivity contribution is -0.130. The lowest BCUT2D eigenvalue weighted by Gasteiger charge is -2.22. The number of carbonyl (C=O) groups excluding carboxylic acids is 2. The molecule has 1 N–H and O–H groups in total. The van der Waals surface area contributed by atoms with Crippen molar-refractivity contribution in [3.8, 4) is 0 Å². The molecular formula is C24H25ClN4O2S. The molecule has 0 saturated carbocycles. The molecule has 3 aromatic rings. The van der Waals surface area contributed by atoms with Crippen molar-refractivity contribution in [3.63, 3.8) is 0 Å². The second-order valence-electron chi connectivity index (χ2n) is 7.73. The molecule has 0 radical (unpaired) electrons. The number of carbonyl (C=O) groups is 2. The van der Waals surface area contributed by atoms with Crippen molar-refractivity contribution < 1.29 is 9.59 Å². The molecule has 0 atom stereocenters. The normalized spacial score (nSPS) is 14.2. The van der Waals surface area contributed by atoms with Crippen LogP contribution in [0, 0.1) is 0 Å². The van der Waals surface area contributed by atoms with Gasteiger partial charge in [0.05, 0.1) is 17.1 Å². The Hall–Kier alpha value is -2.90. The van der Waals surface area contributed by atoms with Gasteiger partial charge in [0.15, 0.2) is 0 Å². The molecule has 0 unspecified atom stereocenters. The van der Waals surface area contributed by atoms with E-state index in [1.807, 2.05) is 28.5 Å². The predicted octanol–water partition coefficient (Wildman–Crippen LogP) is 4.70. The topological polar surface area (TPSA) is 65.5 Å². The number of nitrogens with zero attached hydrogens (tertiary/aromatic N) is 3. The van der Waals surface area contributed by atoms with Crippen molar-refractivity contribution in [2.24, 2.45) is 0 Å². The molecule has 1 saturated heterocycles. The van der Waals surface area contributed by atoms with Gasteiger partial charge in [-0.3, -0.25) is 4.79 Å². The van der Waals surface area contributed by atoms with Gasteiger partial charge in [-0.15, -0.1) is 11.3 Å². The summed E-state index contributed by atoms with van der Waals surface area (Å²) >= 11 is 7.49. The zero-order chi connectivity index (χ0) is 22.3. The smallest absolute Gasteiger partial charge is 0.321 e. The van der Waals surface area contributed by atoms with Crippen LogP contribution in [0.4, 0.5) is 10.5 Å². The van der Waals surface area contributed by atoms with Crippen LogP contribution in [0.15, 0.2) is 60.0 Å². The van der Waals surface area contributed by atoms with Gasteiger partial charge in [-0.2, -0.15) is 0 Å². The quantitative estimate of drug-likeness (QED) is 0.590. The number of aromatic nitrogens is 1. The first-order valence-corrected chi connectivity index (χ1v) is 11.9. The van der Waals surface area contributed by atoms with Gasteiger partial charge in [-0.1, -0.05) is 41.9 Å². The van der Waals surface area contributed by atoms with Crippen molar-refractivity contribution in [2.75, 3.05) is 31.5 Å². The van der Waals surface area contributed by atoms with Crippen molar-refractivity contribution in [1.82, 2.24) is 14.8 Å². The highest BCUT2D eigenvalue weighted by Gasteiger charge is 2.22. The summed E-state index contributed by atoms with van der Waals surface area (Å²) in [5, 5.41) is 6.50. The maximum absolute atomic E-state index is 12.8. The fourth-order valence-corrected chi connectivity index (χ4v) is 4.61. The van der Waals surface area contributed by atoms with E-state index in [4.69, 9.17) is 11.6 Å². The van der Waals surface area contributed by atoms with Crippen LogP contribution in [0.1, 0.15) is 22.7 Å². The third-order valence-corrected chi connectivity index (χ3v) is 6.51. The van der Waals surface area contributed by atoms with E-state index in [-0.39, 0.29) is 11.9 Å². The molecule has 0 bridgehead atoms. The monoisotopic (exact) mass is 468 g/mol. The maximum Gasteiger partial charge on any atom is 0.321 e. The second-order valence-corrected chi connectivity index (χ2v) is 9.11. The van der Waals surface area contributed by atoms with Crippen LogP contribution in [0.3, 0.4) is 0 Å². The molecule has 2 aromatic carbocycles. The lowest BCUT2D eigenvalue weighted by Crippen LogP contribution is -2.39. The van der Waals surface area contributed by atoms with Crippen molar-refractivity contribution in [1.29, 1.82) is 0 Å². The van der Waals surface area contributed by atoms with E-state index >= 15 is 0 Å². The van der Waals surface area contributed by atoms with E-state index in [0.29, 0.717) is 43.3 Å². The van der Waals surface area contributed by atoms with Crippen LogP contribution in [0.5, 0.6) is 0 Å². The van der Waals surface area contributed by atoms with Crippen LogP contribution in [0.2, 0.25) is 5.02 Å². The van der Waals surface area contributed by atoms with E-state index in [0.717, 1.165) is 23.5 Å². The lowest BCUT2D eigenvalue weighted by atomic mass is 10.2. The first kappa shape index (κ1) is 22.3. The van der Waals surface area contributed by atoms with E-state index in [1.165, 1.54) is 5.56 Å². The van der Waals surface area contributed by atoms with Crippen molar-refractivity contribution >= 4 is 40.6 Å². The number of hydrogen-bond donors (Lipinski definition) is 1. The van der Waals surface area contributed by atoms with Crippen LogP contribution in [-0.4, -0.2) is 52.9 Å². The summed E-state index contributed by atoms with van der Waals surface area (Å²) in [5.41, 5.74) is 2.73. The van der Waals surface area contributed by atoms with E-state index in [2.05, 4.69) is 22.4 Å². The predicted molar refractivity (Wildman–Crippen MR) is 128 cm³/mol. The van der Waals surface area contributed by atoms with Gasteiger partial charge in [0, 0.05) is 48.7 Å². The number of benzene rings is 2. The summed E-state index contributed by atoms with van der Waals surface area (Å²) in [6, 6.07) is 17.1. The Bertz CT molecular complexity index is 1060. The molecule has 4 rings (SSSR count). The number of rotatable bonds is 5. The minimum atomic E-state index is -0.160. The molecule has 1 aromatic heterocycles. The zero-order valence-corrected chi connectivity index (χ0v) is 19.2. The average molecular weight is 469 g/mol. The third-order valence-electron chi connectivity index (χ3n) is 5.36. The fraction of sp³-hybridized carbons (Fsp3) is 0.292. The minimum absolute atomic E-state index is 0.0570. The highest BCUT2D eigenvalue weighted by molar-refractivity contribution is 7.09. The van der Waals surface area contributed by atoms with Crippen LogP contribution >= 0.6 is 22.9 Å². The number of hydrogen-bond acceptors (Lipinski definition) is 4. The fourth-order valence-electron chi connectivity index (χ4n) is 3.65. The number of anilines is 1. The Morgan fingerprint density at radius 1 is 0.969 bits per heavy atom. The molecule has 8 heteroatoms. The minimum Gasteiger partial charge on any atom is -0.341 e. The number of halogens is 1. The largest absolute Gasteiger partial charge is 0.341 e. The van der Waals surface area contributed by atoms with Gasteiger partial charge in [0.25, 0.3) is 0 Å². The Labute approximate surface area is 196 Å². The Morgan fingerprint density at radius 2 is 1.69 bits per heavy atom. The van der Waals surface area contributed by atoms with Gasteiger partial charge < -0.3 is 15.1 Å². The second kappa shape index (κ2) is 10.6. The highest BCUT2D eigenvalue weighted by Crippen LogP contribution is 2.17. The molecule has 1 aliphatic rings. The molecular weight excluding hydrogens is 444 g/mol. The van der Waals surface area contributed by atoms with Gasteiger partial charge in [0.2, 0.25) is 5.91 Å². The van der Waals surface area contributed by atoms with Crippen molar-refractivity contribution in [2.45, 2.75) is 19.3 Å². The molecule has 1 fully saturated rings. The van der Waals surface area contributed by atoms with Crippen LogP contribution in [0.25, 0.3) is 0 Å². The molecule has 166 valence electrons. The molecule has 32 heavy (non-hydrogen) atoms. The molecule has 0 aliphatic carbocycles. The van der Waals surface area contributed by atoms with Crippen LogP contribution < -0.4 is 5.32 Å². The highest BCUT2D eigenvalue weighted by atomic mass is 35.5. The number of nitrogens with one attached hydrogen (secondary N) is 1. The van der Waals surface area contributed by atoms with E-state index in [9.17, 15) is 9.59 Å². The van der Waals surface area contributed by atoms with Crippen LogP contribution in [-0.2, 0) is 17.6 Å². The standard InChI is InChI=1S/C24H25ClN4O2S/c25-19-7-9-20(10-8-19)27-24(31)29-12-4-11-28(13-14-29)23(30)16-21-17-32-22(26-21)15-18-5-2-1-3-6-18/h1-3,5-10,17H,4,11-16H2,(H,27,31). The van der Waals surface area contributed by atoms with Gasteiger partial charge in [-0.05, 0) is 36.2 Å². The Morgan fingerprint density at radius 3 is 2.47 bits per heavy atom. The molecule has 6 nitrogen and oxygen atoms in total. The zero-order valence-electron chi connectivity index (χ0n) is 17.7. The summed E-state index contributed by atoms with van der Waals surface area (Å²) < 4.78 is 0.